The molecule has 0 aliphatic carbocycles. The van der Waals surface area contributed by atoms with Crippen LogP contribution in [0.4, 0.5) is 17.3 Å². The molecule has 0 unspecified atom stereocenters. The van der Waals surface area contributed by atoms with Crippen molar-refractivity contribution < 1.29 is 14.3 Å². The summed E-state index contributed by atoms with van der Waals surface area (Å²) in [6.07, 6.45) is 8.12. The summed E-state index contributed by atoms with van der Waals surface area (Å²) < 4.78 is 13.6. The van der Waals surface area contributed by atoms with E-state index in [2.05, 4.69) is 31.8 Å². The van der Waals surface area contributed by atoms with E-state index in [1.807, 2.05) is 60.3 Å². The van der Waals surface area contributed by atoms with Crippen LogP contribution in [0.2, 0.25) is 0 Å². The minimum absolute atomic E-state index is 0.00151. The van der Waals surface area contributed by atoms with Crippen LogP contribution in [0.15, 0.2) is 84.9 Å². The lowest BCUT2D eigenvalue weighted by Gasteiger charge is -2.39. The number of hydrogen-bond acceptors (Lipinski definition) is 11. The first-order valence-corrected chi connectivity index (χ1v) is 14.2. The van der Waals surface area contributed by atoms with Gasteiger partial charge in [0.05, 0.1) is 11.6 Å². The zero-order valence-electron chi connectivity index (χ0n) is 24.6. The predicted molar refractivity (Wildman–Crippen MR) is 168 cm³/mol. The molecule has 13 nitrogen and oxygen atoms in total. The Morgan fingerprint density at radius 1 is 1.20 bits per heavy atom. The Labute approximate surface area is 254 Å². The van der Waals surface area contributed by atoms with E-state index in [0.717, 1.165) is 11.5 Å². The van der Waals surface area contributed by atoms with E-state index in [1.165, 1.54) is 17.2 Å². The summed E-state index contributed by atoms with van der Waals surface area (Å²) in [5.41, 5.74) is 2.59. The molecule has 0 saturated carbocycles. The van der Waals surface area contributed by atoms with Crippen LogP contribution in [-0.2, 0) is 4.79 Å². The maximum atomic E-state index is 12.9. The molecule has 4 aromatic rings. The summed E-state index contributed by atoms with van der Waals surface area (Å²) >= 11 is 0. The van der Waals surface area contributed by atoms with E-state index in [1.54, 1.807) is 24.4 Å². The van der Waals surface area contributed by atoms with Crippen molar-refractivity contribution in [1.29, 1.82) is 0 Å². The van der Waals surface area contributed by atoms with Gasteiger partial charge in [-0.1, -0.05) is 12.7 Å². The summed E-state index contributed by atoms with van der Waals surface area (Å²) in [7, 11) is 3.94. The lowest BCUT2D eigenvalue weighted by molar-refractivity contribution is -0.129. The third kappa shape index (κ3) is 6.17. The molecule has 1 saturated heterocycles. The van der Waals surface area contributed by atoms with Gasteiger partial charge in [0.2, 0.25) is 5.91 Å². The van der Waals surface area contributed by atoms with Gasteiger partial charge in [-0.25, -0.2) is 19.9 Å². The van der Waals surface area contributed by atoms with Crippen LogP contribution in [0.5, 0.6) is 17.2 Å². The Balaban J connectivity index is 1.19. The molecule has 226 valence electrons. The van der Waals surface area contributed by atoms with Crippen molar-refractivity contribution in [2.24, 2.45) is 4.99 Å². The summed E-state index contributed by atoms with van der Waals surface area (Å²) in [4.78, 5) is 37.0. The fourth-order valence-electron chi connectivity index (χ4n) is 5.13. The van der Waals surface area contributed by atoms with Gasteiger partial charge in [0.1, 0.15) is 29.9 Å². The molecule has 1 fully saturated rings. The molecule has 0 spiro atoms. The SMILES string of the molecule is C=C/N=c1/cc(Oc2ccc(Nc3ncnc4cc5c(nc34)N3CCN(C(=O)/C=C/CN(C)C)[C@H](CO5)C3)cc2)ccn1N. The molecule has 3 aromatic heterocycles. The van der Waals surface area contributed by atoms with E-state index < -0.39 is 0 Å². The van der Waals surface area contributed by atoms with E-state index in [9.17, 15) is 4.79 Å². The number of anilines is 3. The van der Waals surface area contributed by atoms with Gasteiger partial charge in [-0.05, 0) is 44.4 Å². The third-order valence-corrected chi connectivity index (χ3v) is 7.30. The van der Waals surface area contributed by atoms with Crippen LogP contribution < -0.4 is 31.0 Å². The lowest BCUT2D eigenvalue weighted by Crippen LogP contribution is -2.56. The molecule has 44 heavy (non-hydrogen) atoms. The maximum absolute atomic E-state index is 12.9. The van der Waals surface area contributed by atoms with Gasteiger partial charge in [-0.3, -0.25) is 9.47 Å². The molecule has 13 heteroatoms. The second-order valence-electron chi connectivity index (χ2n) is 10.7. The fourth-order valence-corrected chi connectivity index (χ4v) is 5.13. The van der Waals surface area contributed by atoms with Crippen molar-refractivity contribution in [2.75, 3.05) is 62.9 Å². The molecule has 1 aromatic carbocycles. The van der Waals surface area contributed by atoms with E-state index in [4.69, 9.17) is 20.3 Å². The minimum atomic E-state index is -0.0862. The number of aromatic nitrogens is 4. The summed E-state index contributed by atoms with van der Waals surface area (Å²) in [5.74, 6) is 9.05. The molecule has 3 N–H and O–H groups in total. The third-order valence-electron chi connectivity index (χ3n) is 7.30. The minimum Gasteiger partial charge on any atom is -0.487 e. The second kappa shape index (κ2) is 12.4. The van der Waals surface area contributed by atoms with Crippen LogP contribution in [0.3, 0.4) is 0 Å². The smallest absolute Gasteiger partial charge is 0.246 e. The normalized spacial score (nSPS) is 16.5. The highest BCUT2D eigenvalue weighted by Gasteiger charge is 2.35. The molecular formula is C31H34N10O3. The van der Waals surface area contributed by atoms with Crippen LogP contribution in [-0.4, -0.2) is 88.3 Å². The van der Waals surface area contributed by atoms with Gasteiger partial charge in [0, 0.05) is 62.5 Å². The molecule has 2 bridgehead atoms. The standard InChI is InChI=1S/C31H34N10O3/c1-4-33-27-16-24(11-13-41(27)32)44-23-9-7-21(8-10-23)36-30-29-25(34-20-35-30)17-26-31(37-29)39-14-15-40(22(18-39)19-43-26)28(42)6-5-12-38(2)3/h4-11,13,16-17,20,22H,1,12,14-15,18-19,32H2,2-3H3,(H,34,35,36)/b6-5+,33-27-/t22-/m0/s1. The zero-order valence-corrected chi connectivity index (χ0v) is 24.6. The number of carbonyl (C=O) groups excluding carboxylic acids is 1. The number of ether oxygens (including phenoxy) is 2. The van der Waals surface area contributed by atoms with Crippen LogP contribution in [0, 0.1) is 0 Å². The van der Waals surface area contributed by atoms with Crippen molar-refractivity contribution in [3.8, 4) is 17.2 Å². The molecule has 0 radical (unpaired) electrons. The van der Waals surface area contributed by atoms with Gasteiger partial charge in [-0.15, -0.1) is 0 Å². The number of carbonyl (C=O) groups is 1. The summed E-state index contributed by atoms with van der Waals surface area (Å²) in [6.45, 7) is 6.57. The molecule has 6 rings (SSSR count). The fraction of sp³-hybridized carbons (Fsp3) is 0.258. The number of nitrogens with one attached hydrogen (secondary N) is 1. The topological polar surface area (TPSA) is 139 Å². The van der Waals surface area contributed by atoms with Crippen molar-refractivity contribution in [3.05, 3.63) is 85.4 Å². The number of fused-ring (bicyclic) bond motifs is 5. The van der Waals surface area contributed by atoms with E-state index >= 15 is 0 Å². The second-order valence-corrected chi connectivity index (χ2v) is 10.7. The van der Waals surface area contributed by atoms with Crippen molar-refractivity contribution in [2.45, 2.75) is 6.04 Å². The van der Waals surface area contributed by atoms with Crippen molar-refractivity contribution in [3.63, 3.8) is 0 Å². The van der Waals surface area contributed by atoms with Gasteiger partial charge >= 0.3 is 0 Å². The lowest BCUT2D eigenvalue weighted by atomic mass is 10.1. The van der Waals surface area contributed by atoms with E-state index in [-0.39, 0.29) is 11.9 Å². The number of pyridine rings is 2. The van der Waals surface area contributed by atoms with Crippen molar-refractivity contribution in [1.82, 2.24) is 29.4 Å². The highest BCUT2D eigenvalue weighted by molar-refractivity contribution is 5.90. The Morgan fingerprint density at radius 2 is 2.05 bits per heavy atom. The number of rotatable bonds is 8. The number of benzene rings is 1. The number of amides is 1. The van der Waals surface area contributed by atoms with Gasteiger partial charge in [0.25, 0.3) is 0 Å². The summed E-state index contributed by atoms with van der Waals surface area (Å²) in [6, 6.07) is 12.8. The number of likely N-dealkylation sites (N-methyl/N-ethyl adjacent to an activating group) is 1. The first-order chi connectivity index (χ1) is 21.4. The first kappa shape index (κ1) is 28.7. The van der Waals surface area contributed by atoms with Crippen LogP contribution in [0.25, 0.3) is 11.0 Å². The van der Waals surface area contributed by atoms with Crippen LogP contribution in [0.1, 0.15) is 0 Å². The van der Waals surface area contributed by atoms with Gasteiger partial charge < -0.3 is 35.3 Å². The summed E-state index contributed by atoms with van der Waals surface area (Å²) in [5, 5.41) is 3.36. The molecule has 5 heterocycles. The quantitative estimate of drug-likeness (QED) is 0.231. The molecule has 1 amide bonds. The number of nitrogen functional groups attached to an aromatic ring is 1. The molecule has 2 aliphatic heterocycles. The Hall–Kier alpha value is -5.43. The van der Waals surface area contributed by atoms with Crippen LogP contribution >= 0.6 is 0 Å². The zero-order chi connectivity index (χ0) is 30.6. The largest absolute Gasteiger partial charge is 0.487 e. The number of nitrogens with two attached hydrogens (primary N) is 1. The number of nitrogens with zero attached hydrogens (tertiary/aromatic N) is 8. The Bertz CT molecular complexity index is 1780. The molecular weight excluding hydrogens is 560 g/mol. The van der Waals surface area contributed by atoms with Crippen molar-refractivity contribution >= 4 is 34.3 Å². The monoisotopic (exact) mass is 594 g/mol. The highest BCUT2D eigenvalue weighted by Crippen LogP contribution is 2.36. The van der Waals surface area contributed by atoms with Gasteiger partial charge in [-0.2, -0.15) is 0 Å². The number of hydrogen-bond donors (Lipinski definition) is 2. The highest BCUT2D eigenvalue weighted by atomic mass is 16.5. The van der Waals surface area contributed by atoms with E-state index in [0.29, 0.717) is 72.4 Å². The molecule has 2 aliphatic rings. The average Bonchev–Trinajstić information content (AvgIpc) is 3.14. The van der Waals surface area contributed by atoms with Gasteiger partial charge in [0.15, 0.2) is 22.9 Å². The molecule has 1 atom stereocenters. The predicted octanol–water partition coefficient (Wildman–Crippen LogP) is 2.65. The Morgan fingerprint density at radius 3 is 2.84 bits per heavy atom. The maximum Gasteiger partial charge on any atom is 0.246 e. The first-order valence-electron chi connectivity index (χ1n) is 14.2. The number of piperazine rings is 1. The Kier molecular flexibility index (Phi) is 8.10. The average molecular weight is 595 g/mol.